The van der Waals surface area contributed by atoms with Crippen LogP contribution in [0.15, 0.2) is 0 Å². The van der Waals surface area contributed by atoms with Gasteiger partial charge in [-0.1, -0.05) is 13.3 Å². The molecule has 0 bridgehead atoms. The van der Waals surface area contributed by atoms with Crippen molar-refractivity contribution in [3.05, 3.63) is 0 Å². The van der Waals surface area contributed by atoms with Gasteiger partial charge < -0.3 is 15.3 Å². The van der Waals surface area contributed by atoms with Crippen molar-refractivity contribution in [2.24, 2.45) is 5.41 Å². The van der Waals surface area contributed by atoms with Crippen molar-refractivity contribution in [3.8, 4) is 0 Å². The Morgan fingerprint density at radius 3 is 2.89 bits per heavy atom. The molecule has 2 aliphatic rings. The van der Waals surface area contributed by atoms with E-state index in [4.69, 9.17) is 0 Å². The Bertz CT molecular complexity index is 356. The largest absolute Gasteiger partial charge is 0.480 e. The summed E-state index contributed by atoms with van der Waals surface area (Å²) in [4.78, 5) is 25.8. The summed E-state index contributed by atoms with van der Waals surface area (Å²) in [7, 11) is 0. The summed E-state index contributed by atoms with van der Waals surface area (Å²) in [5, 5.41) is 12.6. The van der Waals surface area contributed by atoms with E-state index in [0.29, 0.717) is 18.8 Å². The van der Waals surface area contributed by atoms with Gasteiger partial charge in [-0.2, -0.15) is 11.8 Å². The van der Waals surface area contributed by atoms with Gasteiger partial charge in [0.2, 0.25) is 5.91 Å². The van der Waals surface area contributed by atoms with Crippen molar-refractivity contribution in [1.82, 2.24) is 10.2 Å². The third-order valence-electron chi connectivity index (χ3n) is 4.10. The molecular formula is C13H22N2O3S. The number of carboxylic acid groups (broad SMARTS) is 1. The van der Waals surface area contributed by atoms with Gasteiger partial charge in [-0.15, -0.1) is 0 Å². The van der Waals surface area contributed by atoms with Gasteiger partial charge in [0.25, 0.3) is 0 Å². The average molecular weight is 286 g/mol. The Balaban J connectivity index is 2.17. The second-order valence-electron chi connectivity index (χ2n) is 5.38. The first kappa shape index (κ1) is 14.7. The Labute approximate surface area is 118 Å². The molecular weight excluding hydrogens is 264 g/mol. The molecule has 0 aromatic rings. The Morgan fingerprint density at radius 1 is 1.53 bits per heavy atom. The lowest BCUT2D eigenvalue weighted by Gasteiger charge is -2.39. The van der Waals surface area contributed by atoms with Crippen LogP contribution in [0.3, 0.4) is 0 Å². The molecule has 19 heavy (non-hydrogen) atoms. The smallest absolute Gasteiger partial charge is 0.327 e. The van der Waals surface area contributed by atoms with Crippen LogP contribution in [0.1, 0.15) is 26.2 Å². The molecule has 5 nitrogen and oxygen atoms in total. The summed E-state index contributed by atoms with van der Waals surface area (Å²) >= 11 is 1.62. The number of rotatable bonds is 4. The molecule has 2 rings (SSSR count). The molecule has 6 heteroatoms. The van der Waals surface area contributed by atoms with E-state index in [2.05, 4.69) is 12.2 Å². The van der Waals surface area contributed by atoms with Crippen LogP contribution in [0, 0.1) is 5.41 Å². The van der Waals surface area contributed by atoms with Gasteiger partial charge in [-0.25, -0.2) is 4.79 Å². The third kappa shape index (κ3) is 2.89. The van der Waals surface area contributed by atoms with Gasteiger partial charge in [-0.05, 0) is 19.4 Å². The molecule has 2 saturated heterocycles. The molecule has 0 spiro atoms. The van der Waals surface area contributed by atoms with E-state index >= 15 is 0 Å². The highest BCUT2D eigenvalue weighted by Crippen LogP contribution is 2.35. The van der Waals surface area contributed by atoms with Crippen molar-refractivity contribution in [2.75, 3.05) is 31.1 Å². The van der Waals surface area contributed by atoms with Crippen molar-refractivity contribution in [3.63, 3.8) is 0 Å². The SMILES string of the molecule is CCCC1(C(=O)N2CCSCC2C(=O)O)CCNC1. The van der Waals surface area contributed by atoms with Crippen molar-refractivity contribution >= 4 is 23.6 Å². The van der Waals surface area contributed by atoms with E-state index in [1.807, 2.05) is 0 Å². The van der Waals surface area contributed by atoms with E-state index in [0.717, 1.165) is 31.6 Å². The van der Waals surface area contributed by atoms with Crippen molar-refractivity contribution < 1.29 is 14.7 Å². The van der Waals surface area contributed by atoms with Crippen LogP contribution < -0.4 is 5.32 Å². The molecule has 1 amide bonds. The van der Waals surface area contributed by atoms with E-state index < -0.39 is 12.0 Å². The maximum atomic E-state index is 12.8. The minimum atomic E-state index is -0.877. The average Bonchev–Trinajstić information content (AvgIpc) is 2.88. The van der Waals surface area contributed by atoms with E-state index in [9.17, 15) is 14.7 Å². The maximum Gasteiger partial charge on any atom is 0.327 e. The Hall–Kier alpha value is -0.750. The fourth-order valence-electron chi connectivity index (χ4n) is 3.08. The second kappa shape index (κ2) is 6.13. The fraction of sp³-hybridized carbons (Fsp3) is 0.846. The molecule has 2 aliphatic heterocycles. The lowest BCUT2D eigenvalue weighted by Crippen LogP contribution is -2.55. The number of nitrogens with zero attached hydrogens (tertiary/aromatic N) is 1. The Kier molecular flexibility index (Phi) is 4.73. The molecule has 2 atom stereocenters. The molecule has 0 radical (unpaired) electrons. The molecule has 108 valence electrons. The van der Waals surface area contributed by atoms with Crippen LogP contribution in [0.2, 0.25) is 0 Å². The molecule has 0 saturated carbocycles. The summed E-state index contributed by atoms with van der Waals surface area (Å²) in [6.07, 6.45) is 2.62. The predicted octanol–water partition coefficient (Wildman–Crippen LogP) is 0.795. The van der Waals surface area contributed by atoms with Gasteiger partial charge >= 0.3 is 5.97 Å². The number of nitrogens with one attached hydrogen (secondary N) is 1. The fourth-order valence-corrected chi connectivity index (χ4v) is 4.12. The number of hydrogen-bond donors (Lipinski definition) is 2. The van der Waals surface area contributed by atoms with Crippen molar-refractivity contribution in [2.45, 2.75) is 32.2 Å². The number of carbonyl (C=O) groups is 2. The van der Waals surface area contributed by atoms with Gasteiger partial charge in [0.1, 0.15) is 6.04 Å². The maximum absolute atomic E-state index is 12.8. The van der Waals surface area contributed by atoms with Crippen molar-refractivity contribution in [1.29, 1.82) is 0 Å². The lowest BCUT2D eigenvalue weighted by molar-refractivity contribution is -0.154. The van der Waals surface area contributed by atoms with Crippen LogP contribution in [-0.4, -0.2) is 59.1 Å². The molecule has 0 aliphatic carbocycles. The zero-order chi connectivity index (χ0) is 13.9. The first-order chi connectivity index (χ1) is 9.10. The highest BCUT2D eigenvalue weighted by molar-refractivity contribution is 7.99. The van der Waals surface area contributed by atoms with E-state index in [1.54, 1.807) is 16.7 Å². The molecule has 2 fully saturated rings. The zero-order valence-electron chi connectivity index (χ0n) is 11.4. The van der Waals surface area contributed by atoms with Crippen LogP contribution in [0.4, 0.5) is 0 Å². The van der Waals surface area contributed by atoms with E-state index in [-0.39, 0.29) is 11.3 Å². The number of aliphatic carboxylic acids is 1. The summed E-state index contributed by atoms with van der Waals surface area (Å²) in [6.45, 7) is 4.18. The molecule has 0 aromatic heterocycles. The monoisotopic (exact) mass is 286 g/mol. The summed E-state index contributed by atoms with van der Waals surface area (Å²) in [6, 6.07) is -0.652. The highest BCUT2D eigenvalue weighted by Gasteiger charge is 2.46. The second-order valence-corrected chi connectivity index (χ2v) is 6.53. The number of carboxylic acids is 1. The minimum Gasteiger partial charge on any atom is -0.480 e. The van der Waals surface area contributed by atoms with Crippen LogP contribution in [0.5, 0.6) is 0 Å². The van der Waals surface area contributed by atoms with Gasteiger partial charge in [0.15, 0.2) is 0 Å². The quantitative estimate of drug-likeness (QED) is 0.800. The predicted molar refractivity (Wildman–Crippen MR) is 75.3 cm³/mol. The first-order valence-corrected chi connectivity index (χ1v) is 8.08. The first-order valence-electron chi connectivity index (χ1n) is 6.93. The van der Waals surface area contributed by atoms with Crippen LogP contribution >= 0.6 is 11.8 Å². The highest BCUT2D eigenvalue weighted by atomic mass is 32.2. The number of thioether (sulfide) groups is 1. The van der Waals surface area contributed by atoms with Gasteiger partial charge in [0, 0.05) is 24.6 Å². The number of amides is 1. The molecule has 2 unspecified atom stereocenters. The van der Waals surface area contributed by atoms with Crippen LogP contribution in [0.25, 0.3) is 0 Å². The van der Waals surface area contributed by atoms with Gasteiger partial charge in [0.05, 0.1) is 5.41 Å². The Morgan fingerprint density at radius 2 is 2.32 bits per heavy atom. The summed E-state index contributed by atoms with van der Waals surface area (Å²) in [5.74, 6) is 0.521. The summed E-state index contributed by atoms with van der Waals surface area (Å²) < 4.78 is 0. The molecule has 0 aromatic carbocycles. The number of carbonyl (C=O) groups excluding carboxylic acids is 1. The van der Waals surface area contributed by atoms with Crippen LogP contribution in [-0.2, 0) is 9.59 Å². The molecule has 2 N–H and O–H groups in total. The minimum absolute atomic E-state index is 0.0482. The zero-order valence-corrected chi connectivity index (χ0v) is 12.2. The normalized spacial score (nSPS) is 31.4. The topological polar surface area (TPSA) is 69.6 Å². The standard InChI is InChI=1S/C13H22N2O3S/c1-2-3-13(4-5-14-9-13)12(18)15-6-7-19-8-10(15)11(16)17/h10,14H,2-9H2,1H3,(H,16,17). The van der Waals surface area contributed by atoms with E-state index in [1.165, 1.54) is 0 Å². The third-order valence-corrected chi connectivity index (χ3v) is 5.12. The number of hydrogen-bond acceptors (Lipinski definition) is 4. The molecule has 2 heterocycles. The summed E-state index contributed by atoms with van der Waals surface area (Å²) in [5.41, 5.74) is -0.371. The van der Waals surface area contributed by atoms with Gasteiger partial charge in [-0.3, -0.25) is 4.79 Å². The lowest BCUT2D eigenvalue weighted by atomic mass is 9.80.